The van der Waals surface area contributed by atoms with Crippen LogP contribution in [-0.4, -0.2) is 31.6 Å². The van der Waals surface area contributed by atoms with E-state index in [0.29, 0.717) is 11.3 Å². The van der Waals surface area contributed by atoms with E-state index in [1.54, 1.807) is 18.2 Å². The van der Waals surface area contributed by atoms with Crippen LogP contribution in [0.3, 0.4) is 0 Å². The number of fused-ring (bicyclic) bond motifs is 1. The summed E-state index contributed by atoms with van der Waals surface area (Å²) >= 11 is 0. The van der Waals surface area contributed by atoms with Crippen molar-refractivity contribution in [3.8, 4) is 0 Å². The highest BCUT2D eigenvalue weighted by atomic mass is 16.2. The fraction of sp³-hybridized carbons (Fsp3) is 0.211. The predicted molar refractivity (Wildman–Crippen MR) is 95.1 cm³/mol. The van der Waals surface area contributed by atoms with Crippen molar-refractivity contribution in [3.05, 3.63) is 65.4 Å². The van der Waals surface area contributed by atoms with E-state index in [1.165, 1.54) is 0 Å². The largest absolute Gasteiger partial charge is 0.378 e. The van der Waals surface area contributed by atoms with Gasteiger partial charge in [0.2, 0.25) is 5.91 Å². The maximum Gasteiger partial charge on any atom is 0.277 e. The first-order chi connectivity index (χ1) is 11.4. The Hall–Kier alpha value is -2.95. The van der Waals surface area contributed by atoms with E-state index in [-0.39, 0.29) is 17.7 Å². The minimum Gasteiger partial charge on any atom is -0.378 e. The van der Waals surface area contributed by atoms with Crippen molar-refractivity contribution in [3.63, 3.8) is 0 Å². The van der Waals surface area contributed by atoms with E-state index >= 15 is 0 Å². The Bertz CT molecular complexity index is 829. The summed E-state index contributed by atoms with van der Waals surface area (Å²) in [6, 6.07) is 7.33. The molecule has 0 bridgehead atoms. The van der Waals surface area contributed by atoms with Gasteiger partial charge in [0.1, 0.15) is 0 Å². The van der Waals surface area contributed by atoms with Crippen molar-refractivity contribution >= 4 is 23.2 Å². The molecule has 1 unspecified atom stereocenters. The highest BCUT2D eigenvalue weighted by molar-refractivity contribution is 6.14. The molecule has 0 saturated heterocycles. The Balaban J connectivity index is 1.86. The Morgan fingerprint density at radius 2 is 2.04 bits per heavy atom. The van der Waals surface area contributed by atoms with Gasteiger partial charge in [-0.05, 0) is 37.3 Å². The van der Waals surface area contributed by atoms with Crippen LogP contribution in [0.2, 0.25) is 0 Å². The summed E-state index contributed by atoms with van der Waals surface area (Å²) in [5.74, 6) is -0.397. The molecule has 1 aliphatic carbocycles. The number of amides is 2. The lowest BCUT2D eigenvalue weighted by atomic mass is 9.89. The quantitative estimate of drug-likeness (QED) is 0.910. The molecule has 0 radical (unpaired) electrons. The summed E-state index contributed by atoms with van der Waals surface area (Å²) in [7, 11) is 3.84. The number of allylic oxidation sites excluding steroid dienone is 3. The van der Waals surface area contributed by atoms with Gasteiger partial charge in [0, 0.05) is 43.0 Å². The molecule has 1 heterocycles. The minimum absolute atomic E-state index is 0.0498. The number of carbonyl (C=O) groups excluding carboxylic acids is 2. The second-order valence-corrected chi connectivity index (χ2v) is 6.10. The number of nitrogens with one attached hydrogen (secondary N) is 1. The van der Waals surface area contributed by atoms with Gasteiger partial charge in [0.15, 0.2) is 0 Å². The lowest BCUT2D eigenvalue weighted by molar-refractivity contribution is -0.116. The topological polar surface area (TPSA) is 61.8 Å². The first-order valence-electron chi connectivity index (χ1n) is 7.73. The fourth-order valence-corrected chi connectivity index (χ4v) is 2.75. The number of hydrogen-bond acceptors (Lipinski definition) is 3. The Morgan fingerprint density at radius 3 is 2.79 bits per heavy atom. The average molecular weight is 321 g/mol. The molecular weight excluding hydrogens is 302 g/mol. The molecule has 1 aromatic carbocycles. The Labute approximate surface area is 141 Å². The van der Waals surface area contributed by atoms with Crippen LogP contribution in [-0.2, 0) is 4.79 Å². The molecular formula is C19H19N3O2. The molecule has 3 rings (SSSR count). The van der Waals surface area contributed by atoms with Crippen LogP contribution in [0.5, 0.6) is 0 Å². The van der Waals surface area contributed by atoms with Crippen LogP contribution < -0.4 is 10.2 Å². The highest BCUT2D eigenvalue weighted by Gasteiger charge is 2.24. The van der Waals surface area contributed by atoms with Crippen LogP contribution in [0, 0.1) is 5.92 Å². The second-order valence-electron chi connectivity index (χ2n) is 6.10. The van der Waals surface area contributed by atoms with Crippen molar-refractivity contribution in [1.82, 2.24) is 5.32 Å². The smallest absolute Gasteiger partial charge is 0.277 e. The maximum absolute atomic E-state index is 12.4. The molecule has 5 nitrogen and oxygen atoms in total. The summed E-state index contributed by atoms with van der Waals surface area (Å²) in [6.07, 6.45) is 7.11. The molecule has 5 heteroatoms. The van der Waals surface area contributed by atoms with E-state index in [0.717, 1.165) is 17.0 Å². The van der Waals surface area contributed by atoms with E-state index < -0.39 is 0 Å². The average Bonchev–Trinajstić information content (AvgIpc) is 2.54. The molecule has 0 aromatic heterocycles. The van der Waals surface area contributed by atoms with E-state index in [9.17, 15) is 9.59 Å². The molecule has 122 valence electrons. The van der Waals surface area contributed by atoms with Crippen LogP contribution in [0.15, 0.2) is 64.8 Å². The third-order valence-electron chi connectivity index (χ3n) is 4.05. The number of nitrogens with zero attached hydrogens (tertiary/aromatic N) is 2. The number of rotatable bonds is 2. The van der Waals surface area contributed by atoms with Crippen molar-refractivity contribution in [1.29, 1.82) is 0 Å². The van der Waals surface area contributed by atoms with Gasteiger partial charge < -0.3 is 10.2 Å². The van der Waals surface area contributed by atoms with Gasteiger partial charge in [-0.25, -0.2) is 4.99 Å². The standard InChI is InChI=1S/C19H19N3O2/c1-12-9-18(23)21-17-11-14(7-8-16(12)17)20-19(24)13-5-4-6-15(10-13)22(2)3/h4-11,16H,1-3H3,(H,21,23). The van der Waals surface area contributed by atoms with Gasteiger partial charge in [-0.15, -0.1) is 0 Å². The monoisotopic (exact) mass is 321 g/mol. The second kappa shape index (κ2) is 6.28. The summed E-state index contributed by atoms with van der Waals surface area (Å²) in [6.45, 7) is 1.92. The lowest BCUT2D eigenvalue weighted by Crippen LogP contribution is -2.32. The molecule has 1 atom stereocenters. The molecule has 1 N–H and O–H groups in total. The molecule has 0 fully saturated rings. The number of anilines is 1. The SMILES string of the molecule is CC1=CC(=O)NC2=CC(=NC(=O)c3cccc(N(C)C)c3)C=CC12. The van der Waals surface area contributed by atoms with E-state index in [1.807, 2.05) is 56.3 Å². The molecule has 1 aromatic rings. The van der Waals surface area contributed by atoms with Gasteiger partial charge >= 0.3 is 0 Å². The first kappa shape index (κ1) is 15.9. The van der Waals surface area contributed by atoms with Gasteiger partial charge in [-0.3, -0.25) is 9.59 Å². The zero-order valence-electron chi connectivity index (χ0n) is 13.9. The third-order valence-corrected chi connectivity index (χ3v) is 4.05. The fourth-order valence-electron chi connectivity index (χ4n) is 2.75. The van der Waals surface area contributed by atoms with Gasteiger partial charge in [0.25, 0.3) is 5.91 Å². The van der Waals surface area contributed by atoms with Crippen molar-refractivity contribution < 1.29 is 9.59 Å². The van der Waals surface area contributed by atoms with Crippen LogP contribution in [0.1, 0.15) is 17.3 Å². The van der Waals surface area contributed by atoms with Crippen molar-refractivity contribution in [2.45, 2.75) is 6.92 Å². The minimum atomic E-state index is -0.303. The summed E-state index contributed by atoms with van der Waals surface area (Å²) in [5, 5.41) is 2.81. The summed E-state index contributed by atoms with van der Waals surface area (Å²) in [4.78, 5) is 30.1. The molecule has 2 amide bonds. The van der Waals surface area contributed by atoms with Crippen LogP contribution in [0.4, 0.5) is 5.69 Å². The molecule has 2 aliphatic rings. The highest BCUT2D eigenvalue weighted by Crippen LogP contribution is 2.26. The number of aliphatic imine (C=N–C) groups is 1. The Kier molecular flexibility index (Phi) is 4.16. The number of hydrogen-bond donors (Lipinski definition) is 1. The zero-order chi connectivity index (χ0) is 17.3. The van der Waals surface area contributed by atoms with E-state index in [4.69, 9.17) is 0 Å². The summed E-state index contributed by atoms with van der Waals surface area (Å²) < 4.78 is 0. The molecule has 0 spiro atoms. The normalized spacial score (nSPS) is 20.9. The van der Waals surface area contributed by atoms with Gasteiger partial charge in [0.05, 0.1) is 5.71 Å². The van der Waals surface area contributed by atoms with Gasteiger partial charge in [-0.2, -0.15) is 0 Å². The summed E-state index contributed by atoms with van der Waals surface area (Å²) in [5.41, 5.74) is 3.75. The molecule has 1 aliphatic heterocycles. The van der Waals surface area contributed by atoms with E-state index in [2.05, 4.69) is 10.3 Å². The van der Waals surface area contributed by atoms with Crippen molar-refractivity contribution in [2.75, 3.05) is 19.0 Å². The lowest BCUT2D eigenvalue weighted by Gasteiger charge is -2.25. The van der Waals surface area contributed by atoms with Crippen molar-refractivity contribution in [2.24, 2.45) is 10.9 Å². The zero-order valence-corrected chi connectivity index (χ0v) is 13.9. The molecule has 0 saturated carbocycles. The number of benzene rings is 1. The third kappa shape index (κ3) is 3.20. The predicted octanol–water partition coefficient (Wildman–Crippen LogP) is 2.48. The van der Waals surface area contributed by atoms with Gasteiger partial charge in [-0.1, -0.05) is 17.7 Å². The Morgan fingerprint density at radius 1 is 1.25 bits per heavy atom. The maximum atomic E-state index is 12.4. The van der Waals surface area contributed by atoms with Crippen LogP contribution >= 0.6 is 0 Å². The molecule has 24 heavy (non-hydrogen) atoms. The first-order valence-corrected chi connectivity index (χ1v) is 7.73. The van der Waals surface area contributed by atoms with Crippen LogP contribution in [0.25, 0.3) is 0 Å². The number of carbonyl (C=O) groups is 2.